The Kier molecular flexibility index (Phi) is 8.47. The van der Waals surface area contributed by atoms with E-state index in [1.54, 1.807) is 18.2 Å². The zero-order valence-corrected chi connectivity index (χ0v) is 18.4. The zero-order valence-electron chi connectivity index (χ0n) is 18.4. The van der Waals surface area contributed by atoms with E-state index in [1.807, 2.05) is 12.1 Å². The van der Waals surface area contributed by atoms with Crippen molar-refractivity contribution in [2.24, 2.45) is 0 Å². The van der Waals surface area contributed by atoms with Crippen molar-refractivity contribution in [1.29, 1.82) is 0 Å². The van der Waals surface area contributed by atoms with E-state index in [9.17, 15) is 14.3 Å². The molecule has 32 heavy (non-hydrogen) atoms. The molecule has 2 aromatic carbocycles. The molecule has 0 saturated heterocycles. The molecule has 1 aromatic heterocycles. The van der Waals surface area contributed by atoms with Gasteiger partial charge in [0.15, 0.2) is 0 Å². The largest absolute Gasteiger partial charge is 0.465 e. The van der Waals surface area contributed by atoms with Crippen LogP contribution >= 0.6 is 0 Å². The summed E-state index contributed by atoms with van der Waals surface area (Å²) in [6.45, 7) is 4.24. The average Bonchev–Trinajstić information content (AvgIpc) is 2.79. The molecule has 170 valence electrons. The van der Waals surface area contributed by atoms with E-state index in [-0.39, 0.29) is 24.4 Å². The highest BCUT2D eigenvalue weighted by Crippen LogP contribution is 2.21. The Labute approximate surface area is 187 Å². The van der Waals surface area contributed by atoms with E-state index in [4.69, 9.17) is 4.74 Å². The molecule has 3 aromatic rings. The third kappa shape index (κ3) is 6.45. The van der Waals surface area contributed by atoms with Gasteiger partial charge < -0.3 is 15.2 Å². The van der Waals surface area contributed by atoms with Crippen LogP contribution in [-0.4, -0.2) is 58.8 Å². The highest BCUT2D eigenvalue weighted by Gasteiger charge is 2.11. The van der Waals surface area contributed by atoms with Crippen LogP contribution in [0, 0.1) is 5.82 Å². The van der Waals surface area contributed by atoms with Gasteiger partial charge in [0.25, 0.3) is 0 Å². The van der Waals surface area contributed by atoms with Crippen LogP contribution in [-0.2, 0) is 11.3 Å². The number of aliphatic hydroxyl groups excluding tert-OH is 1. The molecule has 1 heterocycles. The lowest BCUT2D eigenvalue weighted by molar-refractivity contribution is 0.0600. The van der Waals surface area contributed by atoms with Crippen molar-refractivity contribution >= 4 is 22.7 Å². The number of rotatable bonds is 11. The Balaban J connectivity index is 1.52. The van der Waals surface area contributed by atoms with Crippen LogP contribution in [0.3, 0.4) is 0 Å². The lowest BCUT2D eigenvalue weighted by Gasteiger charge is -2.23. The number of nitrogens with one attached hydrogen (secondary N) is 1. The molecule has 7 nitrogen and oxygen atoms in total. The quantitative estimate of drug-likeness (QED) is 0.440. The van der Waals surface area contributed by atoms with Gasteiger partial charge in [-0.15, -0.1) is 0 Å². The monoisotopic (exact) mass is 440 g/mol. The van der Waals surface area contributed by atoms with Gasteiger partial charge in [0, 0.05) is 30.6 Å². The van der Waals surface area contributed by atoms with Crippen LogP contribution in [0.25, 0.3) is 10.9 Å². The van der Waals surface area contributed by atoms with Crippen LogP contribution < -0.4 is 5.32 Å². The minimum Gasteiger partial charge on any atom is -0.465 e. The molecule has 0 amide bonds. The first kappa shape index (κ1) is 23.6. The van der Waals surface area contributed by atoms with E-state index in [0.717, 1.165) is 30.3 Å². The number of hydrogen-bond acceptors (Lipinski definition) is 7. The topological polar surface area (TPSA) is 87.6 Å². The Morgan fingerprint density at radius 2 is 1.97 bits per heavy atom. The zero-order chi connectivity index (χ0) is 22.9. The molecule has 0 spiro atoms. The van der Waals surface area contributed by atoms with E-state index in [0.29, 0.717) is 30.0 Å². The van der Waals surface area contributed by atoms with Gasteiger partial charge in [0.1, 0.15) is 18.0 Å². The number of hydrogen-bond donors (Lipinski definition) is 2. The molecule has 0 radical (unpaired) electrons. The maximum Gasteiger partial charge on any atom is 0.337 e. The number of halogens is 1. The standard InChI is InChI=1S/C24H29FN4O3/c1-17(28-23-21-10-9-20(25)14-22(21)26-16-27-23)4-3-11-29(12-13-30)15-18-5-7-19(8-6-18)24(31)32-2/h5-10,14,16-17,30H,3-4,11-13,15H2,1-2H3,(H,26,27,28). The summed E-state index contributed by atoms with van der Waals surface area (Å²) in [4.78, 5) is 22.2. The van der Waals surface area contributed by atoms with Crippen molar-refractivity contribution in [3.05, 3.63) is 65.7 Å². The predicted octanol–water partition coefficient (Wildman–Crippen LogP) is 3.63. The fraction of sp³-hybridized carbons (Fsp3) is 0.375. The number of carbonyl (C=O) groups is 1. The van der Waals surface area contributed by atoms with Gasteiger partial charge in [-0.3, -0.25) is 4.90 Å². The Morgan fingerprint density at radius 1 is 1.19 bits per heavy atom. The summed E-state index contributed by atoms with van der Waals surface area (Å²) in [5.74, 6) is 0.0198. The number of esters is 1. The smallest absolute Gasteiger partial charge is 0.337 e. The maximum atomic E-state index is 13.4. The normalized spacial score (nSPS) is 12.2. The van der Waals surface area contributed by atoms with Crippen LogP contribution in [0.2, 0.25) is 0 Å². The van der Waals surface area contributed by atoms with Crippen molar-refractivity contribution in [3.63, 3.8) is 0 Å². The molecule has 3 rings (SSSR count). The first-order valence-corrected chi connectivity index (χ1v) is 10.7. The first-order valence-electron chi connectivity index (χ1n) is 10.7. The van der Waals surface area contributed by atoms with Crippen molar-refractivity contribution in [3.8, 4) is 0 Å². The predicted molar refractivity (Wildman–Crippen MR) is 122 cm³/mol. The molecule has 8 heteroatoms. The molecule has 0 saturated carbocycles. The molecular formula is C24H29FN4O3. The fourth-order valence-corrected chi connectivity index (χ4v) is 3.61. The van der Waals surface area contributed by atoms with Crippen LogP contribution in [0.15, 0.2) is 48.8 Å². The van der Waals surface area contributed by atoms with E-state index < -0.39 is 0 Å². The molecule has 1 atom stereocenters. The number of ether oxygens (including phenoxy) is 1. The minimum atomic E-state index is -0.355. The summed E-state index contributed by atoms with van der Waals surface area (Å²) in [5, 5.41) is 13.6. The van der Waals surface area contributed by atoms with Gasteiger partial charge >= 0.3 is 5.97 Å². The summed E-state index contributed by atoms with van der Waals surface area (Å²) in [6, 6.07) is 12.0. The Hall–Kier alpha value is -3.10. The summed E-state index contributed by atoms with van der Waals surface area (Å²) >= 11 is 0. The third-order valence-electron chi connectivity index (χ3n) is 5.29. The van der Waals surface area contributed by atoms with Crippen molar-refractivity contribution in [2.75, 3.05) is 32.1 Å². The van der Waals surface area contributed by atoms with Crippen molar-refractivity contribution in [1.82, 2.24) is 14.9 Å². The number of benzene rings is 2. The van der Waals surface area contributed by atoms with Gasteiger partial charge in [-0.2, -0.15) is 0 Å². The van der Waals surface area contributed by atoms with Crippen LogP contribution in [0.4, 0.5) is 10.2 Å². The third-order valence-corrected chi connectivity index (χ3v) is 5.29. The Bertz CT molecular complexity index is 1030. The van der Waals surface area contributed by atoms with Crippen molar-refractivity contribution < 1.29 is 19.0 Å². The maximum absolute atomic E-state index is 13.4. The lowest BCUT2D eigenvalue weighted by atomic mass is 10.1. The number of methoxy groups -OCH3 is 1. The van der Waals surface area contributed by atoms with Crippen LogP contribution in [0.1, 0.15) is 35.7 Å². The lowest BCUT2D eigenvalue weighted by Crippen LogP contribution is -2.28. The SMILES string of the molecule is COC(=O)c1ccc(CN(CCO)CCCC(C)Nc2ncnc3cc(F)ccc23)cc1. The molecule has 2 N–H and O–H groups in total. The average molecular weight is 441 g/mol. The number of nitrogens with zero attached hydrogens (tertiary/aromatic N) is 3. The van der Waals surface area contributed by atoms with Gasteiger partial charge in [0.05, 0.1) is 24.8 Å². The molecule has 0 aliphatic heterocycles. The number of anilines is 1. The van der Waals surface area contributed by atoms with Gasteiger partial charge in [-0.05, 0) is 56.1 Å². The summed E-state index contributed by atoms with van der Waals surface area (Å²) in [7, 11) is 1.36. The second-order valence-electron chi connectivity index (χ2n) is 7.76. The summed E-state index contributed by atoms with van der Waals surface area (Å²) in [6.07, 6.45) is 3.26. The number of fused-ring (bicyclic) bond motifs is 1. The number of aliphatic hydroxyl groups is 1. The molecule has 0 aliphatic carbocycles. The van der Waals surface area contributed by atoms with Crippen molar-refractivity contribution in [2.45, 2.75) is 32.4 Å². The summed E-state index contributed by atoms with van der Waals surface area (Å²) in [5.41, 5.74) is 2.16. The molecule has 1 unspecified atom stereocenters. The highest BCUT2D eigenvalue weighted by molar-refractivity contribution is 5.89. The number of aromatic nitrogens is 2. The van der Waals surface area contributed by atoms with Gasteiger partial charge in [-0.1, -0.05) is 12.1 Å². The summed E-state index contributed by atoms with van der Waals surface area (Å²) < 4.78 is 18.2. The van der Waals surface area contributed by atoms with Crippen LogP contribution in [0.5, 0.6) is 0 Å². The van der Waals surface area contributed by atoms with E-state index >= 15 is 0 Å². The molecule has 0 aliphatic rings. The highest BCUT2D eigenvalue weighted by atomic mass is 19.1. The second-order valence-corrected chi connectivity index (χ2v) is 7.76. The molecule has 0 bridgehead atoms. The first-order chi connectivity index (χ1) is 15.5. The molecular weight excluding hydrogens is 411 g/mol. The molecule has 0 fully saturated rings. The van der Waals surface area contributed by atoms with Gasteiger partial charge in [-0.25, -0.2) is 19.2 Å². The second kappa shape index (κ2) is 11.5. The van der Waals surface area contributed by atoms with E-state index in [1.165, 1.54) is 25.6 Å². The van der Waals surface area contributed by atoms with Gasteiger partial charge in [0.2, 0.25) is 0 Å². The Morgan fingerprint density at radius 3 is 2.69 bits per heavy atom. The van der Waals surface area contributed by atoms with E-state index in [2.05, 4.69) is 27.1 Å². The number of carbonyl (C=O) groups excluding carboxylic acids is 1. The minimum absolute atomic E-state index is 0.0809. The fourth-order valence-electron chi connectivity index (χ4n) is 3.61.